The Labute approximate surface area is 117 Å². The first-order valence-corrected chi connectivity index (χ1v) is 7.31. The first kappa shape index (κ1) is 13.9. The minimum absolute atomic E-state index is 0.755. The van der Waals surface area contributed by atoms with Gasteiger partial charge in [-0.15, -0.1) is 0 Å². The number of hydrogen-bond acceptors (Lipinski definition) is 1. The highest BCUT2D eigenvalue weighted by atomic mass is 15.1. The van der Waals surface area contributed by atoms with Gasteiger partial charge in [-0.2, -0.15) is 0 Å². The average molecular weight is 255 g/mol. The molecule has 0 heterocycles. The summed E-state index contributed by atoms with van der Waals surface area (Å²) in [5, 5.41) is 2.78. The quantitative estimate of drug-likeness (QED) is 0.735. The maximum Gasteiger partial charge on any atom is 0.0443 e. The fourth-order valence-corrected chi connectivity index (χ4v) is 2.91. The maximum absolute atomic E-state index is 2.36. The van der Waals surface area contributed by atoms with Crippen molar-refractivity contribution in [1.29, 1.82) is 0 Å². The molecule has 0 saturated carbocycles. The van der Waals surface area contributed by atoms with E-state index in [1.54, 1.807) is 0 Å². The molecule has 0 N–H and O–H groups in total. The first-order chi connectivity index (χ1) is 9.13. The molecule has 0 aliphatic rings. The van der Waals surface area contributed by atoms with E-state index in [9.17, 15) is 0 Å². The summed E-state index contributed by atoms with van der Waals surface area (Å²) < 4.78 is 0. The van der Waals surface area contributed by atoms with Crippen LogP contribution in [0.15, 0.2) is 36.4 Å². The van der Waals surface area contributed by atoms with E-state index in [0.717, 1.165) is 5.92 Å². The van der Waals surface area contributed by atoms with Crippen LogP contribution in [-0.2, 0) is 6.42 Å². The van der Waals surface area contributed by atoms with Crippen molar-refractivity contribution in [2.75, 3.05) is 19.0 Å². The Hall–Kier alpha value is -1.50. The second kappa shape index (κ2) is 6.10. The largest absolute Gasteiger partial charge is 0.377 e. The monoisotopic (exact) mass is 255 g/mol. The van der Waals surface area contributed by atoms with Gasteiger partial charge in [0.1, 0.15) is 0 Å². The summed E-state index contributed by atoms with van der Waals surface area (Å²) in [5.41, 5.74) is 2.82. The second-order valence-electron chi connectivity index (χ2n) is 5.78. The van der Waals surface area contributed by atoms with Gasteiger partial charge in [-0.3, -0.25) is 0 Å². The van der Waals surface area contributed by atoms with Crippen molar-refractivity contribution in [2.45, 2.75) is 33.1 Å². The molecule has 2 aromatic rings. The third kappa shape index (κ3) is 3.09. The topological polar surface area (TPSA) is 3.24 Å². The molecule has 1 nitrogen and oxygen atoms in total. The number of hydrogen-bond donors (Lipinski definition) is 0. The molecule has 2 rings (SSSR count). The van der Waals surface area contributed by atoms with Crippen molar-refractivity contribution in [3.8, 4) is 0 Å². The number of fused-ring (bicyclic) bond motifs is 1. The molecular weight excluding hydrogens is 230 g/mol. The van der Waals surface area contributed by atoms with E-state index in [4.69, 9.17) is 0 Å². The van der Waals surface area contributed by atoms with Crippen LogP contribution in [0, 0.1) is 5.92 Å². The molecule has 2 aromatic carbocycles. The van der Waals surface area contributed by atoms with Gasteiger partial charge in [0.05, 0.1) is 0 Å². The van der Waals surface area contributed by atoms with Crippen molar-refractivity contribution < 1.29 is 0 Å². The zero-order valence-corrected chi connectivity index (χ0v) is 12.6. The molecule has 0 amide bonds. The van der Waals surface area contributed by atoms with Crippen molar-refractivity contribution in [3.05, 3.63) is 42.0 Å². The van der Waals surface area contributed by atoms with E-state index < -0.39 is 0 Å². The SMILES string of the molecule is CCCC(C)Cc1cccc2cccc(N(C)C)c12. The lowest BCUT2D eigenvalue weighted by molar-refractivity contribution is 0.524. The van der Waals surface area contributed by atoms with E-state index in [1.165, 1.54) is 41.3 Å². The Bertz CT molecular complexity index is 537. The second-order valence-corrected chi connectivity index (χ2v) is 5.78. The third-order valence-electron chi connectivity index (χ3n) is 3.80. The standard InChI is InChI=1S/C18H25N/c1-5-8-14(2)13-16-11-6-9-15-10-7-12-17(18(15)16)19(3)4/h6-7,9-12,14H,5,8,13H2,1-4H3. The van der Waals surface area contributed by atoms with Gasteiger partial charge in [-0.1, -0.05) is 57.0 Å². The fourth-order valence-electron chi connectivity index (χ4n) is 2.91. The van der Waals surface area contributed by atoms with Crippen LogP contribution in [0.5, 0.6) is 0 Å². The van der Waals surface area contributed by atoms with Crippen molar-refractivity contribution in [1.82, 2.24) is 0 Å². The van der Waals surface area contributed by atoms with Crippen LogP contribution in [-0.4, -0.2) is 14.1 Å². The van der Waals surface area contributed by atoms with Crippen LogP contribution in [0.1, 0.15) is 32.3 Å². The van der Waals surface area contributed by atoms with Crippen molar-refractivity contribution >= 4 is 16.5 Å². The number of rotatable bonds is 5. The molecule has 0 radical (unpaired) electrons. The minimum Gasteiger partial charge on any atom is -0.377 e. The maximum atomic E-state index is 2.36. The molecule has 0 aliphatic carbocycles. The Kier molecular flexibility index (Phi) is 4.47. The van der Waals surface area contributed by atoms with E-state index in [0.29, 0.717) is 0 Å². The summed E-state index contributed by atoms with van der Waals surface area (Å²) in [4.78, 5) is 2.22. The van der Waals surface area contributed by atoms with Gasteiger partial charge in [-0.05, 0) is 29.4 Å². The predicted molar refractivity (Wildman–Crippen MR) is 86.1 cm³/mol. The lowest BCUT2D eigenvalue weighted by Gasteiger charge is -2.19. The summed E-state index contributed by atoms with van der Waals surface area (Å²) in [6, 6.07) is 13.3. The van der Waals surface area contributed by atoms with Gasteiger partial charge in [0.15, 0.2) is 0 Å². The summed E-state index contributed by atoms with van der Waals surface area (Å²) in [6.45, 7) is 4.63. The van der Waals surface area contributed by atoms with Gasteiger partial charge in [-0.25, -0.2) is 0 Å². The highest BCUT2D eigenvalue weighted by molar-refractivity contribution is 5.96. The third-order valence-corrected chi connectivity index (χ3v) is 3.80. The molecule has 1 unspecified atom stereocenters. The Balaban J connectivity index is 2.48. The van der Waals surface area contributed by atoms with Gasteiger partial charge in [0.2, 0.25) is 0 Å². The molecule has 0 bridgehead atoms. The Morgan fingerprint density at radius 2 is 1.74 bits per heavy atom. The zero-order chi connectivity index (χ0) is 13.8. The van der Waals surface area contributed by atoms with Crippen molar-refractivity contribution in [3.63, 3.8) is 0 Å². The number of anilines is 1. The van der Waals surface area contributed by atoms with E-state index in [2.05, 4.69) is 69.2 Å². The highest BCUT2D eigenvalue weighted by Gasteiger charge is 2.10. The van der Waals surface area contributed by atoms with Crippen LogP contribution in [0.25, 0.3) is 10.8 Å². The molecule has 0 aromatic heterocycles. The van der Waals surface area contributed by atoms with Crippen LogP contribution in [0.4, 0.5) is 5.69 Å². The van der Waals surface area contributed by atoms with Gasteiger partial charge < -0.3 is 4.90 Å². The summed E-state index contributed by atoms with van der Waals surface area (Å²) in [5.74, 6) is 0.755. The molecule has 19 heavy (non-hydrogen) atoms. The van der Waals surface area contributed by atoms with Crippen LogP contribution >= 0.6 is 0 Å². The van der Waals surface area contributed by atoms with Crippen LogP contribution in [0.2, 0.25) is 0 Å². The van der Waals surface area contributed by atoms with Gasteiger partial charge in [0.25, 0.3) is 0 Å². The average Bonchev–Trinajstić information content (AvgIpc) is 2.38. The summed E-state index contributed by atoms with van der Waals surface area (Å²) in [6.07, 6.45) is 3.75. The van der Waals surface area contributed by atoms with Gasteiger partial charge >= 0.3 is 0 Å². The van der Waals surface area contributed by atoms with Crippen LogP contribution < -0.4 is 4.90 Å². The Morgan fingerprint density at radius 1 is 1.05 bits per heavy atom. The number of nitrogens with zero attached hydrogens (tertiary/aromatic N) is 1. The molecule has 0 saturated heterocycles. The smallest absolute Gasteiger partial charge is 0.0443 e. The molecule has 0 spiro atoms. The molecule has 1 heteroatoms. The lowest BCUT2D eigenvalue weighted by atomic mass is 9.92. The number of benzene rings is 2. The lowest BCUT2D eigenvalue weighted by Crippen LogP contribution is -2.10. The first-order valence-electron chi connectivity index (χ1n) is 7.31. The normalized spacial score (nSPS) is 12.6. The van der Waals surface area contributed by atoms with Crippen molar-refractivity contribution in [2.24, 2.45) is 5.92 Å². The van der Waals surface area contributed by atoms with Crippen LogP contribution in [0.3, 0.4) is 0 Å². The van der Waals surface area contributed by atoms with E-state index >= 15 is 0 Å². The fraction of sp³-hybridized carbons (Fsp3) is 0.444. The molecule has 1 atom stereocenters. The minimum atomic E-state index is 0.755. The summed E-state index contributed by atoms with van der Waals surface area (Å²) in [7, 11) is 4.25. The molecule has 0 fully saturated rings. The summed E-state index contributed by atoms with van der Waals surface area (Å²) >= 11 is 0. The van der Waals surface area contributed by atoms with Gasteiger partial charge in [0, 0.05) is 25.2 Å². The molecule has 0 aliphatic heterocycles. The highest BCUT2D eigenvalue weighted by Crippen LogP contribution is 2.30. The predicted octanol–water partition coefficient (Wildman–Crippen LogP) is 4.88. The van der Waals surface area contributed by atoms with E-state index in [-0.39, 0.29) is 0 Å². The zero-order valence-electron chi connectivity index (χ0n) is 12.6. The Morgan fingerprint density at radius 3 is 2.37 bits per heavy atom. The molecular formula is C18H25N. The van der Waals surface area contributed by atoms with E-state index in [1.807, 2.05) is 0 Å². The molecule has 102 valence electrons.